The highest BCUT2D eigenvalue weighted by molar-refractivity contribution is 7.12. The van der Waals surface area contributed by atoms with Crippen LogP contribution >= 0.6 is 11.3 Å². The first kappa shape index (κ1) is 25.6. The van der Waals surface area contributed by atoms with Crippen LogP contribution in [0, 0.1) is 11.6 Å². The zero-order chi connectivity index (χ0) is 25.7. The molecule has 0 saturated carbocycles. The van der Waals surface area contributed by atoms with E-state index in [0.717, 1.165) is 36.2 Å². The van der Waals surface area contributed by atoms with Crippen LogP contribution in [0.25, 0.3) is 0 Å². The molecule has 36 heavy (non-hydrogen) atoms. The lowest BCUT2D eigenvalue weighted by atomic mass is 10.1. The summed E-state index contributed by atoms with van der Waals surface area (Å²) in [5.41, 5.74) is 2.05. The first-order valence-corrected chi connectivity index (χ1v) is 12.5. The Kier molecular flexibility index (Phi) is 8.17. The van der Waals surface area contributed by atoms with Crippen LogP contribution < -0.4 is 15.5 Å². The van der Waals surface area contributed by atoms with Gasteiger partial charge in [-0.25, -0.2) is 13.6 Å². The van der Waals surface area contributed by atoms with Crippen molar-refractivity contribution in [3.63, 3.8) is 0 Å². The summed E-state index contributed by atoms with van der Waals surface area (Å²) in [5.74, 6) is -1.68. The minimum absolute atomic E-state index is 0.0191. The van der Waals surface area contributed by atoms with E-state index in [1.165, 1.54) is 11.3 Å². The summed E-state index contributed by atoms with van der Waals surface area (Å²) < 4.78 is 32.9. The summed E-state index contributed by atoms with van der Waals surface area (Å²) in [6.07, 6.45) is 1.85. The van der Waals surface area contributed by atoms with Crippen molar-refractivity contribution in [3.05, 3.63) is 76.0 Å². The van der Waals surface area contributed by atoms with Gasteiger partial charge in [-0.05, 0) is 60.2 Å². The number of nitrogens with one attached hydrogen (secondary N) is 2. The molecule has 0 bridgehead atoms. The molecule has 0 spiro atoms. The molecule has 190 valence electrons. The largest absolute Gasteiger partial charge is 0.377 e. The third-order valence-electron chi connectivity index (χ3n) is 5.83. The Morgan fingerprint density at radius 2 is 1.94 bits per heavy atom. The molecular formula is C26H28F2N4O3S. The van der Waals surface area contributed by atoms with Gasteiger partial charge in [-0.3, -0.25) is 4.79 Å². The number of hydrogen-bond donors (Lipinski definition) is 2. The second-order valence-corrected chi connectivity index (χ2v) is 9.69. The lowest BCUT2D eigenvalue weighted by molar-refractivity contribution is 0.0511. The van der Waals surface area contributed by atoms with E-state index in [9.17, 15) is 18.4 Å². The first-order chi connectivity index (χ1) is 17.3. The second-order valence-electron chi connectivity index (χ2n) is 8.74. The summed E-state index contributed by atoms with van der Waals surface area (Å²) in [4.78, 5) is 30.2. The Labute approximate surface area is 212 Å². The number of amides is 3. The van der Waals surface area contributed by atoms with E-state index in [0.29, 0.717) is 36.3 Å². The van der Waals surface area contributed by atoms with Crippen LogP contribution in [0.3, 0.4) is 0 Å². The Morgan fingerprint density at radius 1 is 1.11 bits per heavy atom. The molecule has 1 aliphatic heterocycles. The quantitative estimate of drug-likeness (QED) is 0.413. The molecule has 1 saturated heterocycles. The average molecular weight is 515 g/mol. The Hall–Kier alpha value is -3.50. The number of anilines is 3. The molecule has 3 amide bonds. The van der Waals surface area contributed by atoms with Crippen molar-refractivity contribution in [2.75, 3.05) is 42.8 Å². The number of benzene rings is 2. The summed E-state index contributed by atoms with van der Waals surface area (Å²) >= 11 is 1.39. The van der Waals surface area contributed by atoms with Crippen LogP contribution in [0.2, 0.25) is 0 Å². The van der Waals surface area contributed by atoms with Gasteiger partial charge in [0.1, 0.15) is 11.6 Å². The van der Waals surface area contributed by atoms with Gasteiger partial charge >= 0.3 is 6.03 Å². The van der Waals surface area contributed by atoms with Crippen LogP contribution in [0.1, 0.15) is 28.1 Å². The van der Waals surface area contributed by atoms with Crippen molar-refractivity contribution in [2.24, 2.45) is 0 Å². The first-order valence-electron chi connectivity index (χ1n) is 11.6. The number of halogens is 2. The van der Waals surface area contributed by atoms with Crippen molar-refractivity contribution in [2.45, 2.75) is 25.5 Å². The number of rotatable bonds is 8. The van der Waals surface area contributed by atoms with E-state index >= 15 is 0 Å². The highest BCUT2D eigenvalue weighted by Crippen LogP contribution is 2.27. The smallest absolute Gasteiger partial charge is 0.323 e. The molecule has 1 aromatic heterocycles. The normalized spacial score (nSPS) is 14.9. The molecule has 1 atom stereocenters. The number of urea groups is 1. The SMILES string of the molecule is CN(C)c1ccc(NC(=O)Nc2ccc(F)cc2F)cc1CN(C[C@H]1CCCO1)C(=O)c1cccs1. The van der Waals surface area contributed by atoms with Crippen molar-refractivity contribution in [3.8, 4) is 0 Å². The Bertz CT molecular complexity index is 1210. The van der Waals surface area contributed by atoms with Crippen LogP contribution in [0.5, 0.6) is 0 Å². The molecule has 1 fully saturated rings. The van der Waals surface area contributed by atoms with Gasteiger partial charge in [0.2, 0.25) is 0 Å². The van der Waals surface area contributed by atoms with Crippen molar-refractivity contribution in [1.29, 1.82) is 0 Å². The fraction of sp³-hybridized carbons (Fsp3) is 0.308. The van der Waals surface area contributed by atoms with Gasteiger partial charge in [0, 0.05) is 51.2 Å². The second kappa shape index (κ2) is 11.5. The van der Waals surface area contributed by atoms with E-state index in [2.05, 4.69) is 10.6 Å². The molecule has 2 heterocycles. The fourth-order valence-electron chi connectivity index (χ4n) is 4.12. The summed E-state index contributed by atoms with van der Waals surface area (Å²) in [6.45, 7) is 1.47. The van der Waals surface area contributed by atoms with E-state index < -0.39 is 17.7 Å². The number of hydrogen-bond acceptors (Lipinski definition) is 5. The van der Waals surface area contributed by atoms with E-state index in [-0.39, 0.29) is 17.7 Å². The topological polar surface area (TPSA) is 73.9 Å². The third-order valence-corrected chi connectivity index (χ3v) is 6.68. The van der Waals surface area contributed by atoms with Crippen molar-refractivity contribution < 1.29 is 23.1 Å². The number of carbonyl (C=O) groups is 2. The number of thiophene rings is 1. The Balaban J connectivity index is 1.55. The van der Waals surface area contributed by atoms with Crippen molar-refractivity contribution in [1.82, 2.24) is 4.90 Å². The predicted molar refractivity (Wildman–Crippen MR) is 138 cm³/mol. The van der Waals surface area contributed by atoms with Gasteiger partial charge in [0.15, 0.2) is 0 Å². The maximum absolute atomic E-state index is 13.9. The lowest BCUT2D eigenvalue weighted by Gasteiger charge is -2.28. The van der Waals surface area contributed by atoms with Gasteiger partial charge in [-0.1, -0.05) is 6.07 Å². The number of carbonyl (C=O) groups excluding carboxylic acids is 2. The molecule has 2 N–H and O–H groups in total. The summed E-state index contributed by atoms with van der Waals surface area (Å²) in [7, 11) is 3.81. The van der Waals surface area contributed by atoms with Gasteiger partial charge < -0.3 is 25.2 Å². The summed E-state index contributed by atoms with van der Waals surface area (Å²) in [6, 6.07) is 11.3. The van der Waals surface area contributed by atoms with Crippen LogP contribution in [0.4, 0.5) is 30.6 Å². The molecule has 0 aliphatic carbocycles. The molecule has 10 heteroatoms. The minimum atomic E-state index is -0.870. The van der Waals surface area contributed by atoms with Crippen LogP contribution in [-0.4, -0.2) is 50.2 Å². The highest BCUT2D eigenvalue weighted by Gasteiger charge is 2.25. The van der Waals surface area contributed by atoms with Gasteiger partial charge in [0.05, 0.1) is 16.7 Å². The molecule has 3 aromatic rings. The maximum atomic E-state index is 13.9. The van der Waals surface area contributed by atoms with Crippen molar-refractivity contribution >= 4 is 40.3 Å². The lowest BCUT2D eigenvalue weighted by Crippen LogP contribution is -2.37. The molecule has 7 nitrogen and oxygen atoms in total. The zero-order valence-electron chi connectivity index (χ0n) is 20.1. The van der Waals surface area contributed by atoms with Gasteiger partial charge in [0.25, 0.3) is 5.91 Å². The monoisotopic (exact) mass is 514 g/mol. The fourth-order valence-corrected chi connectivity index (χ4v) is 4.81. The van der Waals surface area contributed by atoms with E-state index in [1.54, 1.807) is 23.1 Å². The van der Waals surface area contributed by atoms with E-state index in [1.807, 2.05) is 36.5 Å². The molecule has 1 aliphatic rings. The minimum Gasteiger partial charge on any atom is -0.377 e. The molecule has 2 aromatic carbocycles. The predicted octanol–water partition coefficient (Wildman–Crippen LogP) is 5.56. The number of nitrogens with zero attached hydrogens (tertiary/aromatic N) is 2. The third kappa shape index (κ3) is 6.38. The molecular weight excluding hydrogens is 486 g/mol. The molecule has 0 unspecified atom stereocenters. The molecule has 0 radical (unpaired) electrons. The standard InChI is InChI=1S/C26H28F2N4O3S/c1-31(2)23-10-8-19(29-26(34)30-22-9-7-18(27)14-21(22)28)13-17(23)15-32(16-20-5-3-11-35-20)25(33)24-6-4-12-36-24/h4,6-10,12-14,20H,3,5,11,15-16H2,1-2H3,(H2,29,30,34)/t20-/m1/s1. The Morgan fingerprint density at radius 3 is 2.61 bits per heavy atom. The highest BCUT2D eigenvalue weighted by atomic mass is 32.1. The maximum Gasteiger partial charge on any atom is 0.323 e. The molecule has 4 rings (SSSR count). The zero-order valence-corrected chi connectivity index (χ0v) is 20.9. The van der Waals surface area contributed by atoms with Crippen LogP contribution in [0.15, 0.2) is 53.9 Å². The van der Waals surface area contributed by atoms with Crippen LogP contribution in [-0.2, 0) is 11.3 Å². The van der Waals surface area contributed by atoms with Gasteiger partial charge in [-0.15, -0.1) is 11.3 Å². The summed E-state index contributed by atoms with van der Waals surface area (Å²) in [5, 5.41) is 6.94. The number of ether oxygens (including phenoxy) is 1. The van der Waals surface area contributed by atoms with E-state index in [4.69, 9.17) is 4.74 Å². The average Bonchev–Trinajstić information content (AvgIpc) is 3.54. The van der Waals surface area contributed by atoms with Gasteiger partial charge in [-0.2, -0.15) is 0 Å².